The summed E-state index contributed by atoms with van der Waals surface area (Å²) in [4.78, 5) is 14.0. The number of nitrogens with zero attached hydrogens (tertiary/aromatic N) is 2. The average molecular weight is 351 g/mol. The number of hydrogen-bond acceptors (Lipinski definition) is 5. The Labute approximate surface area is 142 Å². The molecular formula is C16H21N3O4S. The van der Waals surface area contributed by atoms with Crippen LogP contribution in [0.2, 0.25) is 0 Å². The van der Waals surface area contributed by atoms with E-state index in [0.29, 0.717) is 30.8 Å². The number of sulfonamides is 1. The molecule has 1 N–H and O–H groups in total. The second-order valence-electron chi connectivity index (χ2n) is 5.63. The molecule has 0 spiro atoms. The van der Waals surface area contributed by atoms with Crippen LogP contribution in [-0.4, -0.2) is 50.2 Å². The number of nitrogens with one attached hydrogen (secondary N) is 1. The zero-order chi connectivity index (χ0) is 17.7. The Morgan fingerprint density at radius 2 is 2.12 bits per heavy atom. The van der Waals surface area contributed by atoms with Crippen molar-refractivity contribution < 1.29 is 17.9 Å². The van der Waals surface area contributed by atoms with Gasteiger partial charge in [0.05, 0.1) is 16.9 Å². The first-order valence-corrected chi connectivity index (χ1v) is 9.36. The maximum Gasteiger partial charge on any atom is 0.263 e. The fourth-order valence-electron chi connectivity index (χ4n) is 2.62. The van der Waals surface area contributed by atoms with Crippen LogP contribution in [0, 0.1) is 11.3 Å². The molecule has 1 saturated heterocycles. The number of likely N-dealkylation sites (tertiary alicyclic amines) is 1. The SMILES string of the molecule is CCNS(=O)(=O)[C@H]1CCN(C(=O)[C@H](C)Oc2ccc(C#N)cc2)C1. The Kier molecular flexibility index (Phi) is 5.80. The molecule has 24 heavy (non-hydrogen) atoms. The topological polar surface area (TPSA) is 99.5 Å². The van der Waals surface area contributed by atoms with Gasteiger partial charge >= 0.3 is 0 Å². The zero-order valence-corrected chi connectivity index (χ0v) is 14.5. The van der Waals surface area contributed by atoms with Crippen molar-refractivity contribution in [1.82, 2.24) is 9.62 Å². The molecular weight excluding hydrogens is 330 g/mol. The fourth-order valence-corrected chi connectivity index (χ4v) is 4.05. The van der Waals surface area contributed by atoms with Crippen LogP contribution in [0.25, 0.3) is 0 Å². The van der Waals surface area contributed by atoms with Crippen molar-refractivity contribution in [3.05, 3.63) is 29.8 Å². The maximum absolute atomic E-state index is 12.4. The van der Waals surface area contributed by atoms with Crippen LogP contribution in [0.4, 0.5) is 0 Å². The molecule has 1 aliphatic rings. The summed E-state index contributed by atoms with van der Waals surface area (Å²) in [6.07, 6.45) is -0.302. The van der Waals surface area contributed by atoms with E-state index in [2.05, 4.69) is 4.72 Å². The number of rotatable bonds is 6. The van der Waals surface area contributed by atoms with E-state index >= 15 is 0 Å². The van der Waals surface area contributed by atoms with Crippen LogP contribution in [0.3, 0.4) is 0 Å². The first kappa shape index (κ1) is 18.2. The first-order valence-electron chi connectivity index (χ1n) is 7.81. The van der Waals surface area contributed by atoms with Crippen LogP contribution < -0.4 is 9.46 Å². The van der Waals surface area contributed by atoms with Crippen molar-refractivity contribution in [3.8, 4) is 11.8 Å². The average Bonchev–Trinajstić information content (AvgIpc) is 3.05. The number of amides is 1. The number of ether oxygens (including phenoxy) is 1. The van der Waals surface area contributed by atoms with Gasteiger partial charge in [-0.25, -0.2) is 13.1 Å². The van der Waals surface area contributed by atoms with Gasteiger partial charge in [-0.1, -0.05) is 6.92 Å². The first-order chi connectivity index (χ1) is 11.4. The van der Waals surface area contributed by atoms with Crippen molar-refractivity contribution in [1.29, 1.82) is 5.26 Å². The van der Waals surface area contributed by atoms with Gasteiger partial charge in [0.1, 0.15) is 5.75 Å². The summed E-state index contributed by atoms with van der Waals surface area (Å²) in [5.41, 5.74) is 0.511. The Hall–Kier alpha value is -2.11. The van der Waals surface area contributed by atoms with Gasteiger partial charge < -0.3 is 9.64 Å². The fraction of sp³-hybridized carbons (Fsp3) is 0.500. The predicted molar refractivity (Wildman–Crippen MR) is 88.8 cm³/mol. The lowest BCUT2D eigenvalue weighted by atomic mass is 10.2. The molecule has 2 atom stereocenters. The molecule has 7 nitrogen and oxygen atoms in total. The summed E-state index contributed by atoms with van der Waals surface area (Å²) in [7, 11) is -3.38. The number of carbonyl (C=O) groups is 1. The zero-order valence-electron chi connectivity index (χ0n) is 13.7. The van der Waals surface area contributed by atoms with Gasteiger partial charge in [0.25, 0.3) is 5.91 Å². The van der Waals surface area contributed by atoms with Gasteiger partial charge in [0, 0.05) is 19.6 Å². The molecule has 0 unspecified atom stereocenters. The van der Waals surface area contributed by atoms with E-state index in [-0.39, 0.29) is 12.5 Å². The van der Waals surface area contributed by atoms with Crippen LogP contribution in [0.5, 0.6) is 5.75 Å². The lowest BCUT2D eigenvalue weighted by Gasteiger charge is -2.22. The van der Waals surface area contributed by atoms with Gasteiger partial charge in [-0.3, -0.25) is 4.79 Å². The second kappa shape index (κ2) is 7.64. The quantitative estimate of drug-likeness (QED) is 0.820. The van der Waals surface area contributed by atoms with Gasteiger partial charge in [-0.05, 0) is 37.6 Å². The Bertz CT molecular complexity index is 725. The number of benzene rings is 1. The molecule has 1 aromatic rings. The molecule has 1 heterocycles. The summed E-state index contributed by atoms with van der Waals surface area (Å²) in [5.74, 6) is 0.249. The summed E-state index contributed by atoms with van der Waals surface area (Å²) in [5, 5.41) is 8.18. The summed E-state index contributed by atoms with van der Waals surface area (Å²) in [6.45, 7) is 4.27. The van der Waals surface area contributed by atoms with Gasteiger partial charge in [-0.2, -0.15) is 5.26 Å². The molecule has 0 radical (unpaired) electrons. The molecule has 0 saturated carbocycles. The van der Waals surface area contributed by atoms with Crippen molar-refractivity contribution in [3.63, 3.8) is 0 Å². The van der Waals surface area contributed by atoms with Crippen molar-refractivity contribution in [2.45, 2.75) is 31.6 Å². The maximum atomic E-state index is 12.4. The Morgan fingerprint density at radius 1 is 1.46 bits per heavy atom. The van der Waals surface area contributed by atoms with Crippen molar-refractivity contribution in [2.24, 2.45) is 0 Å². The van der Waals surface area contributed by atoms with E-state index in [1.54, 1.807) is 38.1 Å². The minimum absolute atomic E-state index is 0.176. The molecule has 0 aromatic heterocycles. The van der Waals surface area contributed by atoms with E-state index in [9.17, 15) is 13.2 Å². The smallest absolute Gasteiger partial charge is 0.263 e. The third-order valence-corrected chi connectivity index (χ3v) is 5.84. The van der Waals surface area contributed by atoms with E-state index in [1.807, 2.05) is 6.07 Å². The molecule has 8 heteroatoms. The number of nitriles is 1. The predicted octanol–water partition coefficient (Wildman–Crippen LogP) is 0.866. The lowest BCUT2D eigenvalue weighted by molar-refractivity contribution is -0.136. The molecule has 1 fully saturated rings. The second-order valence-corrected chi connectivity index (χ2v) is 7.68. The van der Waals surface area contributed by atoms with Crippen LogP contribution in [0.1, 0.15) is 25.8 Å². The summed E-state index contributed by atoms with van der Waals surface area (Å²) in [6, 6.07) is 8.50. The number of carbonyl (C=O) groups excluding carboxylic acids is 1. The highest BCUT2D eigenvalue weighted by atomic mass is 32.2. The molecule has 1 amide bonds. The van der Waals surface area contributed by atoms with Crippen LogP contribution in [0.15, 0.2) is 24.3 Å². The highest BCUT2D eigenvalue weighted by Gasteiger charge is 2.36. The minimum atomic E-state index is -3.38. The van der Waals surface area contributed by atoms with E-state index in [4.69, 9.17) is 10.00 Å². The molecule has 1 aromatic carbocycles. The van der Waals surface area contributed by atoms with Gasteiger partial charge in [-0.15, -0.1) is 0 Å². The monoisotopic (exact) mass is 351 g/mol. The standard InChI is InChI=1S/C16H21N3O4S/c1-3-18-24(21,22)15-8-9-19(11-15)16(20)12(2)23-14-6-4-13(10-17)5-7-14/h4-7,12,15,18H,3,8-9,11H2,1-2H3/t12-,15-/m0/s1. The highest BCUT2D eigenvalue weighted by Crippen LogP contribution is 2.19. The Balaban J connectivity index is 1.95. The lowest BCUT2D eigenvalue weighted by Crippen LogP contribution is -2.41. The van der Waals surface area contributed by atoms with Gasteiger partial charge in [0.15, 0.2) is 6.10 Å². The van der Waals surface area contributed by atoms with E-state index in [0.717, 1.165) is 0 Å². The van der Waals surface area contributed by atoms with Crippen molar-refractivity contribution >= 4 is 15.9 Å². The van der Waals surface area contributed by atoms with E-state index in [1.165, 1.54) is 4.90 Å². The summed E-state index contributed by atoms with van der Waals surface area (Å²) < 4.78 is 32.1. The number of hydrogen-bond donors (Lipinski definition) is 1. The molecule has 130 valence electrons. The molecule has 0 bridgehead atoms. The third-order valence-electron chi connectivity index (χ3n) is 3.89. The van der Waals surface area contributed by atoms with Crippen LogP contribution >= 0.6 is 0 Å². The Morgan fingerprint density at radius 3 is 2.71 bits per heavy atom. The van der Waals surface area contributed by atoms with Crippen molar-refractivity contribution in [2.75, 3.05) is 19.6 Å². The normalized spacial score (nSPS) is 18.9. The largest absolute Gasteiger partial charge is 0.481 e. The minimum Gasteiger partial charge on any atom is -0.481 e. The third kappa shape index (κ3) is 4.24. The van der Waals surface area contributed by atoms with E-state index < -0.39 is 21.4 Å². The van der Waals surface area contributed by atoms with Gasteiger partial charge in [0.2, 0.25) is 10.0 Å². The summed E-state index contributed by atoms with van der Waals surface area (Å²) >= 11 is 0. The van der Waals surface area contributed by atoms with Crippen LogP contribution in [-0.2, 0) is 14.8 Å². The molecule has 1 aliphatic heterocycles. The highest BCUT2D eigenvalue weighted by molar-refractivity contribution is 7.90. The molecule has 0 aliphatic carbocycles. The molecule has 2 rings (SSSR count).